The first-order chi connectivity index (χ1) is 7.61. The number of nitrogens with zero attached hydrogens (tertiary/aromatic N) is 2. The van der Waals surface area contributed by atoms with Gasteiger partial charge in [-0.2, -0.15) is 0 Å². The van der Waals surface area contributed by atoms with Crippen LogP contribution >= 0.6 is 15.9 Å². The summed E-state index contributed by atoms with van der Waals surface area (Å²) in [4.78, 5) is 10.2. The molecule has 0 aliphatic rings. The Hall–Kier alpha value is -0.870. The molecule has 0 aliphatic heterocycles. The second-order valence-corrected chi connectivity index (χ2v) is 5.09. The molecule has 1 atom stereocenters. The smallest absolute Gasteiger partial charge is 0.124 e. The monoisotopic (exact) mass is 281 g/mol. The van der Waals surface area contributed by atoms with E-state index in [1.807, 2.05) is 12.1 Å². The van der Waals surface area contributed by atoms with Gasteiger partial charge in [-0.3, -0.25) is 4.90 Å². The van der Waals surface area contributed by atoms with Crippen LogP contribution in [-0.4, -0.2) is 29.0 Å². The molecule has 2 aromatic rings. The number of rotatable bonds is 3. The van der Waals surface area contributed by atoms with Crippen molar-refractivity contribution >= 4 is 27.0 Å². The van der Waals surface area contributed by atoms with Gasteiger partial charge in [-0.25, -0.2) is 4.98 Å². The molecule has 0 fully saturated rings. The van der Waals surface area contributed by atoms with E-state index < -0.39 is 0 Å². The number of hydrogen-bond donors (Lipinski definition) is 1. The Morgan fingerprint density at radius 2 is 2.19 bits per heavy atom. The summed E-state index contributed by atoms with van der Waals surface area (Å²) in [6.45, 7) is 2.17. The average Bonchev–Trinajstić information content (AvgIpc) is 2.60. The lowest BCUT2D eigenvalue weighted by atomic mass is 10.2. The number of halogens is 1. The van der Waals surface area contributed by atoms with Crippen molar-refractivity contribution < 1.29 is 0 Å². The lowest BCUT2D eigenvalue weighted by molar-refractivity contribution is 0.282. The van der Waals surface area contributed by atoms with E-state index in [0.717, 1.165) is 27.8 Å². The van der Waals surface area contributed by atoms with Crippen LogP contribution in [0.5, 0.6) is 0 Å². The second kappa shape index (κ2) is 4.55. The molecule has 0 spiro atoms. The van der Waals surface area contributed by atoms with Crippen molar-refractivity contribution in [3.63, 3.8) is 0 Å². The summed E-state index contributed by atoms with van der Waals surface area (Å²) in [6, 6.07) is 6.46. The molecule has 1 N–H and O–H groups in total. The van der Waals surface area contributed by atoms with E-state index in [1.54, 1.807) is 0 Å². The third-order valence-electron chi connectivity index (χ3n) is 2.79. The summed E-state index contributed by atoms with van der Waals surface area (Å²) in [5.41, 5.74) is 2.11. The quantitative estimate of drug-likeness (QED) is 0.936. The molecule has 16 heavy (non-hydrogen) atoms. The maximum Gasteiger partial charge on any atom is 0.124 e. The van der Waals surface area contributed by atoms with E-state index in [2.05, 4.69) is 57.9 Å². The standard InChI is InChI=1S/C12H16BrN3/c1-4-11(16(2)3)12-14-9-6-5-8(13)7-10(9)15-12/h5-7,11H,4H2,1-3H3,(H,14,15). The molecule has 0 radical (unpaired) electrons. The molecule has 0 bridgehead atoms. The number of aromatic nitrogens is 2. The van der Waals surface area contributed by atoms with Gasteiger partial charge in [0.25, 0.3) is 0 Å². The molecule has 1 aromatic carbocycles. The van der Waals surface area contributed by atoms with Gasteiger partial charge < -0.3 is 4.98 Å². The van der Waals surface area contributed by atoms with Crippen LogP contribution in [0.2, 0.25) is 0 Å². The van der Waals surface area contributed by atoms with E-state index in [4.69, 9.17) is 0 Å². The van der Waals surface area contributed by atoms with Crippen LogP contribution in [0, 0.1) is 0 Å². The third-order valence-corrected chi connectivity index (χ3v) is 3.28. The Morgan fingerprint density at radius 1 is 1.44 bits per heavy atom. The zero-order chi connectivity index (χ0) is 11.7. The number of hydrogen-bond acceptors (Lipinski definition) is 2. The SMILES string of the molecule is CCC(c1nc2ccc(Br)cc2[nH]1)N(C)C. The molecule has 0 aliphatic carbocycles. The fourth-order valence-corrected chi connectivity index (χ4v) is 2.32. The largest absolute Gasteiger partial charge is 0.341 e. The molecule has 0 saturated carbocycles. The predicted molar refractivity (Wildman–Crippen MR) is 70.5 cm³/mol. The lowest BCUT2D eigenvalue weighted by Crippen LogP contribution is -2.20. The highest BCUT2D eigenvalue weighted by atomic mass is 79.9. The highest BCUT2D eigenvalue weighted by Crippen LogP contribution is 2.23. The van der Waals surface area contributed by atoms with E-state index in [1.165, 1.54) is 0 Å². The number of aromatic amines is 1. The molecule has 0 amide bonds. The van der Waals surface area contributed by atoms with Crippen molar-refractivity contribution in [2.24, 2.45) is 0 Å². The van der Waals surface area contributed by atoms with Crippen LogP contribution in [0.1, 0.15) is 25.2 Å². The van der Waals surface area contributed by atoms with Crippen molar-refractivity contribution in [1.82, 2.24) is 14.9 Å². The van der Waals surface area contributed by atoms with Gasteiger partial charge in [0.1, 0.15) is 5.82 Å². The molecular formula is C12H16BrN3. The molecule has 4 heteroatoms. The van der Waals surface area contributed by atoms with Gasteiger partial charge in [0.05, 0.1) is 17.1 Å². The highest BCUT2D eigenvalue weighted by Gasteiger charge is 2.15. The molecule has 3 nitrogen and oxygen atoms in total. The van der Waals surface area contributed by atoms with E-state index in [9.17, 15) is 0 Å². The summed E-state index contributed by atoms with van der Waals surface area (Å²) < 4.78 is 1.08. The molecular weight excluding hydrogens is 266 g/mol. The van der Waals surface area contributed by atoms with Gasteiger partial charge in [0, 0.05) is 4.47 Å². The first-order valence-electron chi connectivity index (χ1n) is 5.43. The molecule has 1 unspecified atom stereocenters. The summed E-state index contributed by atoms with van der Waals surface area (Å²) in [5, 5.41) is 0. The second-order valence-electron chi connectivity index (χ2n) is 4.17. The van der Waals surface area contributed by atoms with Crippen LogP contribution in [-0.2, 0) is 0 Å². The van der Waals surface area contributed by atoms with Crippen molar-refractivity contribution in [2.75, 3.05) is 14.1 Å². The number of H-pyrrole nitrogens is 1. The fourth-order valence-electron chi connectivity index (χ4n) is 1.96. The van der Waals surface area contributed by atoms with E-state index in [-0.39, 0.29) is 0 Å². The van der Waals surface area contributed by atoms with Gasteiger partial charge in [0.15, 0.2) is 0 Å². The van der Waals surface area contributed by atoms with E-state index in [0.29, 0.717) is 6.04 Å². The minimum absolute atomic E-state index is 0.353. The number of benzene rings is 1. The van der Waals surface area contributed by atoms with Crippen LogP contribution in [0.25, 0.3) is 11.0 Å². The van der Waals surface area contributed by atoms with Crippen LogP contribution in [0.15, 0.2) is 22.7 Å². The van der Waals surface area contributed by atoms with E-state index >= 15 is 0 Å². The van der Waals surface area contributed by atoms with Gasteiger partial charge >= 0.3 is 0 Å². The first kappa shape index (κ1) is 11.6. The van der Waals surface area contributed by atoms with Crippen molar-refractivity contribution in [3.8, 4) is 0 Å². The van der Waals surface area contributed by atoms with Gasteiger partial charge in [-0.15, -0.1) is 0 Å². The highest BCUT2D eigenvalue weighted by molar-refractivity contribution is 9.10. The Bertz CT molecular complexity index is 490. The predicted octanol–water partition coefficient (Wildman–Crippen LogP) is 3.34. The minimum atomic E-state index is 0.353. The number of imidazole rings is 1. The van der Waals surface area contributed by atoms with Crippen molar-refractivity contribution in [3.05, 3.63) is 28.5 Å². The summed E-state index contributed by atoms with van der Waals surface area (Å²) in [6.07, 6.45) is 1.05. The zero-order valence-electron chi connectivity index (χ0n) is 9.79. The fraction of sp³-hybridized carbons (Fsp3) is 0.417. The van der Waals surface area contributed by atoms with Crippen molar-refractivity contribution in [2.45, 2.75) is 19.4 Å². The van der Waals surface area contributed by atoms with Gasteiger partial charge in [0.2, 0.25) is 0 Å². The molecule has 0 saturated heterocycles. The van der Waals surface area contributed by atoms with Crippen molar-refractivity contribution in [1.29, 1.82) is 0 Å². The Kier molecular flexibility index (Phi) is 3.30. The first-order valence-corrected chi connectivity index (χ1v) is 6.22. The maximum absolute atomic E-state index is 4.63. The van der Waals surface area contributed by atoms with Crippen LogP contribution in [0.3, 0.4) is 0 Å². The minimum Gasteiger partial charge on any atom is -0.341 e. The summed E-state index contributed by atoms with van der Waals surface area (Å²) in [7, 11) is 4.16. The topological polar surface area (TPSA) is 31.9 Å². The molecule has 1 aromatic heterocycles. The average molecular weight is 282 g/mol. The number of nitrogens with one attached hydrogen (secondary N) is 1. The molecule has 2 rings (SSSR count). The zero-order valence-corrected chi connectivity index (χ0v) is 11.4. The van der Waals surface area contributed by atoms with Crippen LogP contribution in [0.4, 0.5) is 0 Å². The van der Waals surface area contributed by atoms with Gasteiger partial charge in [-0.05, 0) is 38.7 Å². The lowest BCUT2D eigenvalue weighted by Gasteiger charge is -2.20. The molecule has 1 heterocycles. The summed E-state index contributed by atoms with van der Waals surface area (Å²) >= 11 is 3.47. The molecule has 86 valence electrons. The Balaban J connectivity index is 2.45. The number of fused-ring (bicyclic) bond motifs is 1. The van der Waals surface area contributed by atoms with Crippen LogP contribution < -0.4 is 0 Å². The summed E-state index contributed by atoms with van der Waals surface area (Å²) in [5.74, 6) is 1.04. The Morgan fingerprint density at radius 3 is 2.81 bits per heavy atom. The Labute approximate surface area is 104 Å². The van der Waals surface area contributed by atoms with Gasteiger partial charge in [-0.1, -0.05) is 22.9 Å². The normalized spacial score (nSPS) is 13.6. The third kappa shape index (κ3) is 2.13. The maximum atomic E-state index is 4.63.